The molecule has 2 N–H and O–H groups in total. The van der Waals surface area contributed by atoms with Crippen molar-refractivity contribution in [2.45, 2.75) is 77.3 Å². The minimum atomic E-state index is -0.461. The number of nitrogens with one attached hydrogen (secondary N) is 2. The van der Waals surface area contributed by atoms with Crippen molar-refractivity contribution in [3.8, 4) is 0 Å². The van der Waals surface area contributed by atoms with E-state index >= 15 is 0 Å². The summed E-state index contributed by atoms with van der Waals surface area (Å²) in [5, 5.41) is 6.34. The number of carbonyl (C=O) groups is 2. The van der Waals surface area contributed by atoms with E-state index < -0.39 is 6.04 Å². The Morgan fingerprint density at radius 1 is 1.03 bits per heavy atom. The molecule has 5 heteroatoms. The molecule has 2 unspecified atom stereocenters. The first-order valence-electron chi connectivity index (χ1n) is 11.6. The van der Waals surface area contributed by atoms with Crippen LogP contribution in [-0.2, 0) is 16.0 Å². The average molecular weight is 416 g/mol. The number of benzene rings is 1. The fourth-order valence-electron chi connectivity index (χ4n) is 4.20. The Bertz CT molecular complexity index is 639. The van der Waals surface area contributed by atoms with Gasteiger partial charge in [0.15, 0.2) is 0 Å². The quantitative estimate of drug-likeness (QED) is 0.578. The maximum Gasteiger partial charge on any atom is 0.242 e. The minimum absolute atomic E-state index is 0.0449. The monoisotopic (exact) mass is 415 g/mol. The molecule has 0 saturated heterocycles. The van der Waals surface area contributed by atoms with Gasteiger partial charge >= 0.3 is 0 Å². The van der Waals surface area contributed by atoms with Crippen LogP contribution >= 0.6 is 0 Å². The maximum atomic E-state index is 13.2. The highest BCUT2D eigenvalue weighted by Crippen LogP contribution is 2.24. The molecule has 0 heterocycles. The van der Waals surface area contributed by atoms with Crippen LogP contribution in [0, 0.1) is 11.8 Å². The van der Waals surface area contributed by atoms with E-state index in [0.29, 0.717) is 12.3 Å². The standard InChI is InChI=1S/C25H41N3O2/c1-19(2)17-23(27-24(29)21-13-9-6-10-14-21)25(30)26-22(15-16-28(3)4)18-20-11-7-5-8-12-20/h5,7-8,11-12,19,21-23H,6,9-10,13-18H2,1-4H3,(H,26,30)(H,27,29). The topological polar surface area (TPSA) is 61.4 Å². The number of nitrogens with zero attached hydrogens (tertiary/aromatic N) is 1. The largest absolute Gasteiger partial charge is 0.351 e. The summed E-state index contributed by atoms with van der Waals surface area (Å²) in [6.45, 7) is 5.10. The highest BCUT2D eigenvalue weighted by atomic mass is 16.2. The molecule has 0 spiro atoms. The summed E-state index contributed by atoms with van der Waals surface area (Å²) >= 11 is 0. The molecule has 2 atom stereocenters. The molecule has 5 nitrogen and oxygen atoms in total. The molecule has 1 aromatic rings. The molecule has 2 rings (SSSR count). The second kappa shape index (κ2) is 12.7. The second-order valence-corrected chi connectivity index (χ2v) is 9.51. The van der Waals surface area contributed by atoms with Gasteiger partial charge in [-0.05, 0) is 64.2 Å². The van der Waals surface area contributed by atoms with Gasteiger partial charge in [-0.15, -0.1) is 0 Å². The van der Waals surface area contributed by atoms with Crippen molar-refractivity contribution in [3.63, 3.8) is 0 Å². The van der Waals surface area contributed by atoms with E-state index in [-0.39, 0.29) is 23.8 Å². The highest BCUT2D eigenvalue weighted by molar-refractivity contribution is 5.88. The summed E-state index contributed by atoms with van der Waals surface area (Å²) in [4.78, 5) is 28.1. The van der Waals surface area contributed by atoms with Crippen molar-refractivity contribution < 1.29 is 9.59 Å². The van der Waals surface area contributed by atoms with Crippen LogP contribution in [0.2, 0.25) is 0 Å². The van der Waals surface area contributed by atoms with Gasteiger partial charge in [0.25, 0.3) is 0 Å². The first-order valence-corrected chi connectivity index (χ1v) is 11.6. The molecule has 0 aromatic heterocycles. The summed E-state index contributed by atoms with van der Waals surface area (Å²) in [5.74, 6) is 0.410. The predicted molar refractivity (Wildman–Crippen MR) is 123 cm³/mol. The molecule has 0 bridgehead atoms. The SMILES string of the molecule is CC(C)CC(NC(=O)C1CCCCC1)C(=O)NC(CCN(C)C)Cc1ccccc1. The van der Waals surface area contributed by atoms with E-state index in [2.05, 4.69) is 41.5 Å². The highest BCUT2D eigenvalue weighted by Gasteiger charge is 2.28. The van der Waals surface area contributed by atoms with Crippen molar-refractivity contribution in [3.05, 3.63) is 35.9 Å². The molecule has 1 saturated carbocycles. The molecule has 1 aliphatic carbocycles. The van der Waals surface area contributed by atoms with Crippen LogP contribution in [0.3, 0.4) is 0 Å². The van der Waals surface area contributed by atoms with Gasteiger partial charge in [-0.25, -0.2) is 0 Å². The molecule has 168 valence electrons. The van der Waals surface area contributed by atoms with E-state index in [1.165, 1.54) is 12.0 Å². The van der Waals surface area contributed by atoms with Gasteiger partial charge in [-0.2, -0.15) is 0 Å². The fourth-order valence-corrected chi connectivity index (χ4v) is 4.20. The van der Waals surface area contributed by atoms with Crippen molar-refractivity contribution in [2.75, 3.05) is 20.6 Å². The van der Waals surface area contributed by atoms with Crippen LogP contribution in [-0.4, -0.2) is 49.4 Å². The summed E-state index contributed by atoms with van der Waals surface area (Å²) in [7, 11) is 4.10. The van der Waals surface area contributed by atoms with Crippen molar-refractivity contribution in [2.24, 2.45) is 11.8 Å². The Labute approximate surface area is 183 Å². The first-order chi connectivity index (χ1) is 14.3. The van der Waals surface area contributed by atoms with Crippen LogP contribution in [0.25, 0.3) is 0 Å². The molecule has 0 aliphatic heterocycles. The molecule has 0 radical (unpaired) electrons. The zero-order valence-electron chi connectivity index (χ0n) is 19.3. The predicted octanol–water partition coefficient (Wildman–Crippen LogP) is 3.78. The Morgan fingerprint density at radius 3 is 2.30 bits per heavy atom. The van der Waals surface area contributed by atoms with Crippen LogP contribution < -0.4 is 10.6 Å². The van der Waals surface area contributed by atoms with E-state index in [4.69, 9.17) is 0 Å². The van der Waals surface area contributed by atoms with Gasteiger partial charge in [0.1, 0.15) is 6.04 Å². The van der Waals surface area contributed by atoms with Crippen molar-refractivity contribution >= 4 is 11.8 Å². The molecule has 1 fully saturated rings. The third-order valence-electron chi connectivity index (χ3n) is 5.91. The van der Waals surface area contributed by atoms with Gasteiger partial charge in [-0.1, -0.05) is 63.4 Å². The lowest BCUT2D eigenvalue weighted by Gasteiger charge is -2.28. The van der Waals surface area contributed by atoms with E-state index in [1.807, 2.05) is 32.3 Å². The second-order valence-electron chi connectivity index (χ2n) is 9.51. The number of rotatable bonds is 11. The number of amides is 2. The summed E-state index contributed by atoms with van der Waals surface area (Å²) in [5.41, 5.74) is 1.22. The fraction of sp³-hybridized carbons (Fsp3) is 0.680. The molecule has 30 heavy (non-hydrogen) atoms. The lowest BCUT2D eigenvalue weighted by atomic mass is 9.88. The number of hydrogen-bond donors (Lipinski definition) is 2. The number of carbonyl (C=O) groups excluding carboxylic acids is 2. The van der Waals surface area contributed by atoms with E-state index in [9.17, 15) is 9.59 Å². The third-order valence-corrected chi connectivity index (χ3v) is 5.91. The molecule has 1 aromatic carbocycles. The Balaban J connectivity index is 2.03. The number of hydrogen-bond acceptors (Lipinski definition) is 3. The molecule has 1 aliphatic rings. The smallest absolute Gasteiger partial charge is 0.242 e. The molecular formula is C25H41N3O2. The Hall–Kier alpha value is -1.88. The minimum Gasteiger partial charge on any atom is -0.351 e. The summed E-state index contributed by atoms with van der Waals surface area (Å²) in [6, 6.07) is 9.87. The zero-order valence-corrected chi connectivity index (χ0v) is 19.3. The van der Waals surface area contributed by atoms with E-state index in [0.717, 1.165) is 45.1 Å². The maximum absolute atomic E-state index is 13.2. The van der Waals surface area contributed by atoms with Crippen LogP contribution in [0.4, 0.5) is 0 Å². The molecule has 2 amide bonds. The van der Waals surface area contributed by atoms with Gasteiger partial charge in [0, 0.05) is 12.0 Å². The van der Waals surface area contributed by atoms with Crippen LogP contribution in [0.5, 0.6) is 0 Å². The van der Waals surface area contributed by atoms with Gasteiger partial charge < -0.3 is 15.5 Å². The zero-order chi connectivity index (χ0) is 21.9. The normalized spacial score (nSPS) is 17.0. The summed E-state index contributed by atoms with van der Waals surface area (Å²) in [6.07, 6.45) is 7.67. The van der Waals surface area contributed by atoms with Gasteiger partial charge in [-0.3, -0.25) is 9.59 Å². The average Bonchev–Trinajstić information content (AvgIpc) is 2.72. The lowest BCUT2D eigenvalue weighted by Crippen LogP contribution is -2.52. The Morgan fingerprint density at radius 2 is 1.70 bits per heavy atom. The van der Waals surface area contributed by atoms with Crippen LogP contribution in [0.15, 0.2) is 30.3 Å². The van der Waals surface area contributed by atoms with Crippen molar-refractivity contribution in [1.82, 2.24) is 15.5 Å². The molecular weight excluding hydrogens is 374 g/mol. The van der Waals surface area contributed by atoms with Crippen LogP contribution in [0.1, 0.15) is 64.4 Å². The van der Waals surface area contributed by atoms with Gasteiger partial charge in [0.05, 0.1) is 0 Å². The third kappa shape index (κ3) is 8.86. The van der Waals surface area contributed by atoms with Crippen molar-refractivity contribution in [1.29, 1.82) is 0 Å². The Kier molecular flexibility index (Phi) is 10.4. The lowest BCUT2D eigenvalue weighted by molar-refractivity contribution is -0.132. The first kappa shape index (κ1) is 24.4. The summed E-state index contributed by atoms with van der Waals surface area (Å²) < 4.78 is 0. The van der Waals surface area contributed by atoms with Gasteiger partial charge in [0.2, 0.25) is 11.8 Å². The van der Waals surface area contributed by atoms with E-state index in [1.54, 1.807) is 0 Å².